The predicted octanol–water partition coefficient (Wildman–Crippen LogP) is -1.04. The van der Waals surface area contributed by atoms with Crippen LogP contribution in [0.25, 0.3) is 0 Å². The summed E-state index contributed by atoms with van der Waals surface area (Å²) in [4.78, 5) is 14.3. The topological polar surface area (TPSA) is 96.4 Å². The lowest BCUT2D eigenvalue weighted by Gasteiger charge is -2.13. The molecule has 1 heterocycles. The molecule has 13 heavy (non-hydrogen) atoms. The number of rotatable bonds is 3. The van der Waals surface area contributed by atoms with E-state index in [-0.39, 0.29) is 5.69 Å². The van der Waals surface area contributed by atoms with Crippen LogP contribution in [0.1, 0.15) is 11.8 Å². The first-order valence-electron chi connectivity index (χ1n) is 3.69. The molecule has 4 N–H and O–H groups in total. The summed E-state index contributed by atoms with van der Waals surface area (Å²) in [5.41, 5.74) is 5.01. The predicted molar refractivity (Wildman–Crippen MR) is 44.4 cm³/mol. The van der Waals surface area contributed by atoms with Gasteiger partial charge < -0.3 is 15.9 Å². The van der Waals surface area contributed by atoms with Crippen LogP contribution in [0.5, 0.6) is 0 Å². The first kappa shape index (κ1) is 9.63. The third-order valence-corrected chi connectivity index (χ3v) is 1.58. The van der Waals surface area contributed by atoms with Gasteiger partial charge in [-0.25, -0.2) is 0 Å². The molecule has 5 nitrogen and oxygen atoms in total. The van der Waals surface area contributed by atoms with Crippen molar-refractivity contribution in [1.29, 1.82) is 0 Å². The van der Waals surface area contributed by atoms with E-state index in [1.54, 1.807) is 12.1 Å². The zero-order valence-corrected chi connectivity index (χ0v) is 6.79. The average Bonchev–Trinajstić information content (AvgIpc) is 2.17. The molecule has 2 atom stereocenters. The Morgan fingerprint density at radius 3 is 2.62 bits per heavy atom. The number of aliphatic hydroxyl groups excluding tert-OH is 2. The summed E-state index contributed by atoms with van der Waals surface area (Å²) in [5.74, 6) is -0.974. The second-order valence-corrected chi connectivity index (χ2v) is 2.55. The Morgan fingerprint density at radius 1 is 1.46 bits per heavy atom. The minimum atomic E-state index is -1.62. The Balaban J connectivity index is 2.79. The molecule has 0 fully saturated rings. The van der Waals surface area contributed by atoms with E-state index in [0.717, 1.165) is 0 Å². The van der Waals surface area contributed by atoms with E-state index in [1.165, 1.54) is 12.3 Å². The highest BCUT2D eigenvalue weighted by atomic mass is 16.3. The van der Waals surface area contributed by atoms with Crippen LogP contribution in [0.2, 0.25) is 0 Å². The molecule has 0 aliphatic rings. The highest BCUT2D eigenvalue weighted by molar-refractivity contribution is 5.79. The number of carbonyl (C=O) groups is 1. The summed E-state index contributed by atoms with van der Waals surface area (Å²) >= 11 is 0. The summed E-state index contributed by atoms with van der Waals surface area (Å²) in [6, 6.07) is 4.79. The van der Waals surface area contributed by atoms with Gasteiger partial charge in [0.15, 0.2) is 6.10 Å². The third-order valence-electron chi connectivity index (χ3n) is 1.58. The van der Waals surface area contributed by atoms with Crippen molar-refractivity contribution < 1.29 is 15.0 Å². The Kier molecular flexibility index (Phi) is 2.94. The lowest BCUT2D eigenvalue weighted by atomic mass is 10.1. The number of nitrogens with two attached hydrogens (primary N) is 1. The van der Waals surface area contributed by atoms with Crippen molar-refractivity contribution in [3.05, 3.63) is 30.1 Å². The second kappa shape index (κ2) is 3.97. The van der Waals surface area contributed by atoms with Gasteiger partial charge in [-0.15, -0.1) is 0 Å². The summed E-state index contributed by atoms with van der Waals surface area (Å²) in [6.07, 6.45) is -1.53. The van der Waals surface area contributed by atoms with E-state index in [4.69, 9.17) is 10.8 Å². The molecule has 2 unspecified atom stereocenters. The molecule has 0 spiro atoms. The van der Waals surface area contributed by atoms with E-state index in [9.17, 15) is 9.90 Å². The Morgan fingerprint density at radius 2 is 2.15 bits per heavy atom. The molecule has 1 aromatic heterocycles. The standard InChI is InChI=1S/C8H10N2O3/c9-8(13)7(12)6(11)5-3-1-2-4-10-5/h1-4,6-7,11-12H,(H2,9,13). The molecule has 0 aromatic carbocycles. The van der Waals surface area contributed by atoms with Crippen LogP contribution in [0.4, 0.5) is 0 Å². The Hall–Kier alpha value is -1.46. The number of hydrogen-bond donors (Lipinski definition) is 3. The van der Waals surface area contributed by atoms with Gasteiger partial charge in [-0.05, 0) is 12.1 Å². The molecule has 1 amide bonds. The van der Waals surface area contributed by atoms with Crippen LogP contribution < -0.4 is 5.73 Å². The van der Waals surface area contributed by atoms with Crippen molar-refractivity contribution >= 4 is 5.91 Å². The minimum absolute atomic E-state index is 0.216. The summed E-state index contributed by atoms with van der Waals surface area (Å²) in [7, 11) is 0. The Labute approximate surface area is 74.8 Å². The summed E-state index contributed by atoms with van der Waals surface area (Å²) in [6.45, 7) is 0. The van der Waals surface area contributed by atoms with Gasteiger partial charge in [-0.1, -0.05) is 6.07 Å². The number of pyridine rings is 1. The normalized spacial score (nSPS) is 14.9. The number of primary amides is 1. The van der Waals surface area contributed by atoms with Crippen LogP contribution in [0, 0.1) is 0 Å². The lowest BCUT2D eigenvalue weighted by molar-refractivity contribution is -0.132. The molecular formula is C8H10N2O3. The van der Waals surface area contributed by atoms with Gasteiger partial charge in [-0.3, -0.25) is 9.78 Å². The van der Waals surface area contributed by atoms with E-state index in [1.807, 2.05) is 0 Å². The molecule has 1 rings (SSSR count). The molecule has 70 valence electrons. The molecular weight excluding hydrogens is 172 g/mol. The largest absolute Gasteiger partial charge is 0.384 e. The van der Waals surface area contributed by atoms with Crippen LogP contribution in [-0.4, -0.2) is 27.2 Å². The Bertz CT molecular complexity index is 289. The van der Waals surface area contributed by atoms with Gasteiger partial charge in [-0.2, -0.15) is 0 Å². The van der Waals surface area contributed by atoms with E-state index >= 15 is 0 Å². The fourth-order valence-corrected chi connectivity index (χ4v) is 0.868. The van der Waals surface area contributed by atoms with Gasteiger partial charge in [0.2, 0.25) is 5.91 Å². The smallest absolute Gasteiger partial charge is 0.249 e. The average molecular weight is 182 g/mol. The monoisotopic (exact) mass is 182 g/mol. The number of carbonyl (C=O) groups excluding carboxylic acids is 1. The van der Waals surface area contributed by atoms with Crippen molar-refractivity contribution in [3.8, 4) is 0 Å². The maximum atomic E-state index is 10.5. The molecule has 5 heteroatoms. The maximum absolute atomic E-state index is 10.5. The van der Waals surface area contributed by atoms with Crippen LogP contribution in [0.15, 0.2) is 24.4 Å². The molecule has 0 aliphatic carbocycles. The lowest BCUT2D eigenvalue weighted by Crippen LogP contribution is -2.34. The number of amides is 1. The summed E-state index contributed by atoms with van der Waals surface area (Å²) in [5, 5.41) is 18.4. The van der Waals surface area contributed by atoms with Gasteiger partial charge in [0, 0.05) is 6.20 Å². The zero-order valence-electron chi connectivity index (χ0n) is 6.79. The first-order valence-corrected chi connectivity index (χ1v) is 3.69. The van der Waals surface area contributed by atoms with Gasteiger partial charge >= 0.3 is 0 Å². The second-order valence-electron chi connectivity index (χ2n) is 2.55. The molecule has 0 saturated carbocycles. The quantitative estimate of drug-likeness (QED) is 0.556. The van der Waals surface area contributed by atoms with Gasteiger partial charge in [0.25, 0.3) is 0 Å². The minimum Gasteiger partial charge on any atom is -0.384 e. The molecule has 0 bridgehead atoms. The molecule has 0 radical (unpaired) electrons. The number of aromatic nitrogens is 1. The first-order chi connectivity index (χ1) is 6.13. The fourth-order valence-electron chi connectivity index (χ4n) is 0.868. The third kappa shape index (κ3) is 2.24. The molecule has 1 aromatic rings. The van der Waals surface area contributed by atoms with Crippen LogP contribution >= 0.6 is 0 Å². The number of hydrogen-bond acceptors (Lipinski definition) is 4. The summed E-state index contributed by atoms with van der Waals surface area (Å²) < 4.78 is 0. The highest BCUT2D eigenvalue weighted by Gasteiger charge is 2.23. The van der Waals surface area contributed by atoms with Crippen molar-refractivity contribution in [2.75, 3.05) is 0 Å². The van der Waals surface area contributed by atoms with Crippen molar-refractivity contribution in [1.82, 2.24) is 4.98 Å². The van der Waals surface area contributed by atoms with Gasteiger partial charge in [0.1, 0.15) is 6.10 Å². The van der Waals surface area contributed by atoms with Gasteiger partial charge in [0.05, 0.1) is 5.69 Å². The van der Waals surface area contributed by atoms with E-state index in [0.29, 0.717) is 0 Å². The van der Waals surface area contributed by atoms with E-state index < -0.39 is 18.1 Å². The van der Waals surface area contributed by atoms with Crippen molar-refractivity contribution in [2.45, 2.75) is 12.2 Å². The van der Waals surface area contributed by atoms with Crippen molar-refractivity contribution in [2.24, 2.45) is 5.73 Å². The molecule has 0 aliphatic heterocycles. The fraction of sp³-hybridized carbons (Fsp3) is 0.250. The van der Waals surface area contributed by atoms with Crippen molar-refractivity contribution in [3.63, 3.8) is 0 Å². The van der Waals surface area contributed by atoms with E-state index in [2.05, 4.69) is 4.98 Å². The zero-order chi connectivity index (χ0) is 9.84. The maximum Gasteiger partial charge on any atom is 0.249 e. The molecule has 0 saturated heterocycles. The van der Waals surface area contributed by atoms with Crippen LogP contribution in [-0.2, 0) is 4.79 Å². The number of nitrogens with zero attached hydrogens (tertiary/aromatic N) is 1. The highest BCUT2D eigenvalue weighted by Crippen LogP contribution is 2.12. The number of aliphatic hydroxyl groups is 2. The SMILES string of the molecule is NC(=O)C(O)C(O)c1ccccn1. The van der Waals surface area contributed by atoms with Crippen LogP contribution in [0.3, 0.4) is 0 Å².